The number of nitrogens with zero attached hydrogens (tertiary/aromatic N) is 3. The Bertz CT molecular complexity index is 829. The minimum atomic E-state index is -0.391. The standard InChI is InChI=1S/C22H29N3O3/c1-4-18-10-8-9-13-24(18)21(26)15-28-22(27)14-20-16(2)23-25(17(20)3)19-11-6-5-7-12-19/h5-7,11-12,18H,4,8-10,13-15H2,1-3H3/t18-/m1/s1. The summed E-state index contributed by atoms with van der Waals surface area (Å²) >= 11 is 0. The molecule has 0 saturated carbocycles. The van der Waals surface area contributed by atoms with Crippen molar-refractivity contribution in [1.82, 2.24) is 14.7 Å². The molecule has 0 aliphatic carbocycles. The molecule has 0 spiro atoms. The van der Waals surface area contributed by atoms with Crippen LogP contribution in [0.25, 0.3) is 5.69 Å². The maximum Gasteiger partial charge on any atom is 0.310 e. The topological polar surface area (TPSA) is 64.4 Å². The second kappa shape index (κ2) is 9.04. The predicted octanol–water partition coefficient (Wildman–Crippen LogP) is 3.37. The Hall–Kier alpha value is -2.63. The van der Waals surface area contributed by atoms with Gasteiger partial charge in [0.25, 0.3) is 5.91 Å². The van der Waals surface area contributed by atoms with Crippen LogP contribution in [-0.2, 0) is 20.7 Å². The average Bonchev–Trinajstić information content (AvgIpc) is 3.00. The summed E-state index contributed by atoms with van der Waals surface area (Å²) in [5.41, 5.74) is 3.51. The number of amides is 1. The van der Waals surface area contributed by atoms with E-state index in [1.165, 1.54) is 0 Å². The first-order valence-electron chi connectivity index (χ1n) is 10.1. The van der Waals surface area contributed by atoms with Gasteiger partial charge in [0, 0.05) is 23.8 Å². The van der Waals surface area contributed by atoms with Crippen LogP contribution in [0.4, 0.5) is 0 Å². The summed E-state index contributed by atoms with van der Waals surface area (Å²) < 4.78 is 7.15. The summed E-state index contributed by atoms with van der Waals surface area (Å²) in [7, 11) is 0. The van der Waals surface area contributed by atoms with Crippen LogP contribution in [-0.4, -0.2) is 45.8 Å². The van der Waals surface area contributed by atoms with Gasteiger partial charge in [0.05, 0.1) is 17.8 Å². The molecule has 1 aromatic heterocycles. The molecule has 1 aliphatic rings. The Morgan fingerprint density at radius 1 is 1.18 bits per heavy atom. The first-order chi connectivity index (χ1) is 13.5. The van der Waals surface area contributed by atoms with Gasteiger partial charge in [-0.25, -0.2) is 4.68 Å². The number of hydrogen-bond acceptors (Lipinski definition) is 4. The highest BCUT2D eigenvalue weighted by atomic mass is 16.5. The summed E-state index contributed by atoms with van der Waals surface area (Å²) in [6.07, 6.45) is 4.28. The summed E-state index contributed by atoms with van der Waals surface area (Å²) in [6, 6.07) is 10.1. The number of piperidine rings is 1. The number of likely N-dealkylation sites (tertiary alicyclic amines) is 1. The van der Waals surface area contributed by atoms with Gasteiger partial charge >= 0.3 is 5.97 Å². The van der Waals surface area contributed by atoms with Crippen LogP contribution >= 0.6 is 0 Å². The number of carbonyl (C=O) groups excluding carboxylic acids is 2. The third-order valence-electron chi connectivity index (χ3n) is 5.54. The van der Waals surface area contributed by atoms with Crippen molar-refractivity contribution in [2.75, 3.05) is 13.2 Å². The molecule has 0 N–H and O–H groups in total. The zero-order valence-corrected chi connectivity index (χ0v) is 17.0. The maximum atomic E-state index is 12.5. The van der Waals surface area contributed by atoms with Crippen LogP contribution in [0.5, 0.6) is 0 Å². The number of carbonyl (C=O) groups is 2. The number of aryl methyl sites for hydroxylation is 1. The highest BCUT2D eigenvalue weighted by molar-refractivity contribution is 5.81. The lowest BCUT2D eigenvalue weighted by Gasteiger charge is -2.35. The van der Waals surface area contributed by atoms with Gasteiger partial charge in [0.2, 0.25) is 0 Å². The third kappa shape index (κ3) is 4.43. The van der Waals surface area contributed by atoms with Crippen molar-refractivity contribution in [1.29, 1.82) is 0 Å². The molecule has 0 unspecified atom stereocenters. The van der Waals surface area contributed by atoms with Gasteiger partial charge in [0.1, 0.15) is 0 Å². The fourth-order valence-electron chi connectivity index (χ4n) is 3.93. The summed E-state index contributed by atoms with van der Waals surface area (Å²) in [5.74, 6) is -0.481. The molecule has 1 aromatic carbocycles. The Labute approximate surface area is 166 Å². The minimum Gasteiger partial charge on any atom is -0.455 e. The Kier molecular flexibility index (Phi) is 6.49. The van der Waals surface area contributed by atoms with E-state index in [1.54, 1.807) is 0 Å². The van der Waals surface area contributed by atoms with E-state index < -0.39 is 5.97 Å². The smallest absolute Gasteiger partial charge is 0.310 e. The number of rotatable bonds is 6. The van der Waals surface area contributed by atoms with E-state index in [2.05, 4.69) is 12.0 Å². The van der Waals surface area contributed by atoms with Crippen LogP contribution < -0.4 is 0 Å². The maximum absolute atomic E-state index is 12.5. The van der Waals surface area contributed by atoms with E-state index in [1.807, 2.05) is 53.8 Å². The number of esters is 1. The molecule has 6 heteroatoms. The van der Waals surface area contributed by atoms with Crippen molar-refractivity contribution < 1.29 is 14.3 Å². The molecule has 6 nitrogen and oxygen atoms in total. The number of para-hydroxylation sites is 1. The molecular formula is C22H29N3O3. The van der Waals surface area contributed by atoms with E-state index in [-0.39, 0.29) is 25.0 Å². The van der Waals surface area contributed by atoms with E-state index >= 15 is 0 Å². The molecule has 1 saturated heterocycles. The van der Waals surface area contributed by atoms with Gasteiger partial charge in [-0.05, 0) is 51.7 Å². The van der Waals surface area contributed by atoms with Crippen molar-refractivity contribution in [2.24, 2.45) is 0 Å². The van der Waals surface area contributed by atoms with Crippen molar-refractivity contribution in [3.8, 4) is 5.69 Å². The Balaban J connectivity index is 1.61. The molecule has 3 rings (SSSR count). The Morgan fingerprint density at radius 3 is 2.64 bits per heavy atom. The highest BCUT2D eigenvalue weighted by Crippen LogP contribution is 2.20. The molecule has 1 fully saturated rings. The molecule has 2 heterocycles. The fourth-order valence-corrected chi connectivity index (χ4v) is 3.93. The zero-order valence-electron chi connectivity index (χ0n) is 17.0. The largest absolute Gasteiger partial charge is 0.455 e. The van der Waals surface area contributed by atoms with Gasteiger partial charge in [-0.2, -0.15) is 5.10 Å². The molecule has 1 amide bonds. The molecular weight excluding hydrogens is 354 g/mol. The number of benzene rings is 1. The number of hydrogen-bond donors (Lipinski definition) is 0. The molecule has 0 radical (unpaired) electrons. The zero-order chi connectivity index (χ0) is 20.1. The first kappa shape index (κ1) is 20.1. The van der Waals surface area contributed by atoms with Gasteiger partial charge < -0.3 is 9.64 Å². The molecule has 2 aromatic rings. The van der Waals surface area contributed by atoms with E-state index in [4.69, 9.17) is 4.74 Å². The van der Waals surface area contributed by atoms with Crippen LogP contribution in [0.1, 0.15) is 49.6 Å². The van der Waals surface area contributed by atoms with Gasteiger partial charge in [0.15, 0.2) is 6.61 Å². The highest BCUT2D eigenvalue weighted by Gasteiger charge is 2.26. The first-order valence-corrected chi connectivity index (χ1v) is 10.1. The number of ether oxygens (including phenoxy) is 1. The number of aromatic nitrogens is 2. The minimum absolute atomic E-state index is 0.0895. The van der Waals surface area contributed by atoms with Gasteiger partial charge in [-0.15, -0.1) is 0 Å². The van der Waals surface area contributed by atoms with Crippen molar-refractivity contribution in [2.45, 2.75) is 58.9 Å². The lowest BCUT2D eigenvalue weighted by Crippen LogP contribution is -2.45. The van der Waals surface area contributed by atoms with E-state index in [9.17, 15) is 9.59 Å². The fraction of sp³-hybridized carbons (Fsp3) is 0.500. The third-order valence-corrected chi connectivity index (χ3v) is 5.54. The lowest BCUT2D eigenvalue weighted by atomic mass is 10.00. The molecule has 28 heavy (non-hydrogen) atoms. The van der Waals surface area contributed by atoms with E-state index in [0.29, 0.717) is 0 Å². The molecule has 0 bridgehead atoms. The molecule has 1 atom stereocenters. The monoisotopic (exact) mass is 383 g/mol. The van der Waals surface area contributed by atoms with Crippen molar-refractivity contribution >= 4 is 11.9 Å². The second-order valence-corrected chi connectivity index (χ2v) is 7.38. The summed E-state index contributed by atoms with van der Waals surface area (Å²) in [6.45, 7) is 6.51. The predicted molar refractivity (Wildman–Crippen MR) is 107 cm³/mol. The van der Waals surface area contributed by atoms with Gasteiger partial charge in [-0.3, -0.25) is 9.59 Å². The second-order valence-electron chi connectivity index (χ2n) is 7.38. The van der Waals surface area contributed by atoms with Crippen LogP contribution in [0.15, 0.2) is 30.3 Å². The lowest BCUT2D eigenvalue weighted by molar-refractivity contribution is -0.153. The van der Waals surface area contributed by atoms with Crippen LogP contribution in [0.3, 0.4) is 0 Å². The summed E-state index contributed by atoms with van der Waals surface area (Å²) in [5, 5.41) is 4.56. The quantitative estimate of drug-likeness (QED) is 0.718. The molecule has 150 valence electrons. The average molecular weight is 383 g/mol. The summed E-state index contributed by atoms with van der Waals surface area (Å²) in [4.78, 5) is 26.7. The van der Waals surface area contributed by atoms with Crippen LogP contribution in [0.2, 0.25) is 0 Å². The Morgan fingerprint density at radius 2 is 1.93 bits per heavy atom. The van der Waals surface area contributed by atoms with Crippen molar-refractivity contribution in [3.05, 3.63) is 47.3 Å². The molecule has 1 aliphatic heterocycles. The van der Waals surface area contributed by atoms with E-state index in [0.717, 1.165) is 54.9 Å². The normalized spacial score (nSPS) is 16.8. The van der Waals surface area contributed by atoms with Gasteiger partial charge in [-0.1, -0.05) is 25.1 Å². The van der Waals surface area contributed by atoms with Crippen LogP contribution in [0, 0.1) is 13.8 Å². The van der Waals surface area contributed by atoms with Crippen molar-refractivity contribution in [3.63, 3.8) is 0 Å². The SMILES string of the molecule is CC[C@@H]1CCCCN1C(=O)COC(=O)Cc1c(C)nn(-c2ccccc2)c1C.